The summed E-state index contributed by atoms with van der Waals surface area (Å²) in [4.78, 5) is 15.1. The van der Waals surface area contributed by atoms with Crippen LogP contribution in [0.1, 0.15) is 34.1 Å². The lowest BCUT2D eigenvalue weighted by Gasteiger charge is -2.27. The molecule has 0 fully saturated rings. The number of rotatable bonds is 7. The Morgan fingerprint density at radius 3 is 2.57 bits per heavy atom. The average molecular weight is 377 g/mol. The van der Waals surface area contributed by atoms with Gasteiger partial charge in [-0.3, -0.25) is 9.89 Å². The van der Waals surface area contributed by atoms with E-state index in [0.717, 1.165) is 34.6 Å². The Morgan fingerprint density at radius 1 is 1.07 bits per heavy atom. The molecule has 1 aromatic heterocycles. The first-order valence-electron chi connectivity index (χ1n) is 9.32. The molecule has 1 N–H and O–H groups in total. The molecule has 3 aromatic rings. The standard InChI is InChI=1S/C22H23N3O3/c1-27-14-8-13-25-21(16-11-6-7-12-17(16)28-2)18-19(15-9-4-3-5-10-15)23-24-20(18)22(25)26/h3-7,9-12,21H,8,13-14H2,1-2H3,(H,23,24). The molecule has 0 saturated heterocycles. The van der Waals surface area contributed by atoms with Gasteiger partial charge in [0.1, 0.15) is 11.4 Å². The maximum atomic E-state index is 13.2. The third-order valence-corrected chi connectivity index (χ3v) is 5.09. The van der Waals surface area contributed by atoms with E-state index in [9.17, 15) is 4.79 Å². The van der Waals surface area contributed by atoms with Crippen LogP contribution in [-0.2, 0) is 4.74 Å². The molecule has 6 heteroatoms. The second kappa shape index (κ2) is 7.86. The fourth-order valence-electron chi connectivity index (χ4n) is 3.84. The van der Waals surface area contributed by atoms with Gasteiger partial charge in [-0.25, -0.2) is 0 Å². The van der Waals surface area contributed by atoms with Gasteiger partial charge < -0.3 is 14.4 Å². The van der Waals surface area contributed by atoms with Crippen molar-refractivity contribution in [3.05, 3.63) is 71.4 Å². The zero-order chi connectivity index (χ0) is 19.5. The van der Waals surface area contributed by atoms with Crippen LogP contribution in [0.4, 0.5) is 0 Å². The molecule has 1 unspecified atom stereocenters. The number of amides is 1. The second-order valence-electron chi connectivity index (χ2n) is 6.72. The molecule has 0 bridgehead atoms. The molecule has 1 atom stereocenters. The van der Waals surface area contributed by atoms with Crippen LogP contribution in [0.25, 0.3) is 11.3 Å². The van der Waals surface area contributed by atoms with Gasteiger partial charge in [0.25, 0.3) is 5.91 Å². The van der Waals surface area contributed by atoms with Crippen molar-refractivity contribution in [3.8, 4) is 17.0 Å². The molecule has 0 saturated carbocycles. The summed E-state index contributed by atoms with van der Waals surface area (Å²) in [5, 5.41) is 7.46. The average Bonchev–Trinajstić information content (AvgIpc) is 3.28. The summed E-state index contributed by atoms with van der Waals surface area (Å²) in [5.41, 5.74) is 4.18. The monoisotopic (exact) mass is 377 g/mol. The first-order chi connectivity index (χ1) is 13.8. The van der Waals surface area contributed by atoms with Gasteiger partial charge >= 0.3 is 0 Å². The lowest BCUT2D eigenvalue weighted by molar-refractivity contribution is 0.0722. The van der Waals surface area contributed by atoms with Gasteiger partial charge in [0.15, 0.2) is 0 Å². The third-order valence-electron chi connectivity index (χ3n) is 5.09. The lowest BCUT2D eigenvalue weighted by Crippen LogP contribution is -2.31. The Hall–Kier alpha value is -3.12. The molecule has 144 valence electrons. The van der Waals surface area contributed by atoms with E-state index >= 15 is 0 Å². The first-order valence-corrected chi connectivity index (χ1v) is 9.32. The van der Waals surface area contributed by atoms with Crippen molar-refractivity contribution in [2.75, 3.05) is 27.4 Å². The number of nitrogens with one attached hydrogen (secondary N) is 1. The molecule has 2 aromatic carbocycles. The lowest BCUT2D eigenvalue weighted by atomic mass is 9.95. The maximum absolute atomic E-state index is 13.2. The first kappa shape index (κ1) is 18.3. The van der Waals surface area contributed by atoms with Crippen molar-refractivity contribution in [3.63, 3.8) is 0 Å². The molecular formula is C22H23N3O3. The van der Waals surface area contributed by atoms with Gasteiger partial charge in [-0.05, 0) is 12.5 Å². The summed E-state index contributed by atoms with van der Waals surface area (Å²) in [6.45, 7) is 1.19. The Balaban J connectivity index is 1.85. The van der Waals surface area contributed by atoms with E-state index in [-0.39, 0.29) is 11.9 Å². The van der Waals surface area contributed by atoms with Crippen LogP contribution in [0, 0.1) is 0 Å². The number of aromatic amines is 1. The Labute approximate surface area is 164 Å². The number of carbonyl (C=O) groups excluding carboxylic acids is 1. The molecule has 4 rings (SSSR count). The predicted octanol–water partition coefficient (Wildman–Crippen LogP) is 3.67. The van der Waals surface area contributed by atoms with E-state index in [2.05, 4.69) is 10.2 Å². The van der Waals surface area contributed by atoms with Crippen molar-refractivity contribution in [1.29, 1.82) is 0 Å². The Kier molecular flexibility index (Phi) is 5.12. The minimum atomic E-state index is -0.260. The molecule has 1 aliphatic rings. The van der Waals surface area contributed by atoms with Gasteiger partial charge in [0.05, 0.1) is 18.8 Å². The van der Waals surface area contributed by atoms with E-state index in [4.69, 9.17) is 9.47 Å². The zero-order valence-electron chi connectivity index (χ0n) is 16.0. The Bertz CT molecular complexity index is 968. The van der Waals surface area contributed by atoms with Crippen molar-refractivity contribution in [2.24, 2.45) is 0 Å². The van der Waals surface area contributed by atoms with E-state index in [1.165, 1.54) is 0 Å². The summed E-state index contributed by atoms with van der Waals surface area (Å²) >= 11 is 0. The number of H-pyrrole nitrogens is 1. The molecule has 1 amide bonds. The number of aromatic nitrogens is 2. The van der Waals surface area contributed by atoms with E-state index in [1.54, 1.807) is 14.2 Å². The fourth-order valence-corrected chi connectivity index (χ4v) is 3.84. The number of hydrogen-bond donors (Lipinski definition) is 1. The van der Waals surface area contributed by atoms with E-state index < -0.39 is 0 Å². The highest BCUT2D eigenvalue weighted by Gasteiger charge is 2.42. The number of methoxy groups -OCH3 is 2. The molecule has 1 aliphatic heterocycles. The molecule has 0 spiro atoms. The summed E-state index contributed by atoms with van der Waals surface area (Å²) in [6.07, 6.45) is 0.756. The van der Waals surface area contributed by atoms with Gasteiger partial charge in [-0.15, -0.1) is 0 Å². The van der Waals surface area contributed by atoms with Crippen LogP contribution in [-0.4, -0.2) is 48.4 Å². The van der Waals surface area contributed by atoms with Gasteiger partial charge in [-0.2, -0.15) is 5.10 Å². The highest BCUT2D eigenvalue weighted by Crippen LogP contribution is 2.45. The number of hydrogen-bond acceptors (Lipinski definition) is 4. The van der Waals surface area contributed by atoms with Crippen LogP contribution >= 0.6 is 0 Å². The SMILES string of the molecule is COCCCN1C(=O)c2[nH]nc(-c3ccccc3)c2C1c1ccccc1OC. The smallest absolute Gasteiger partial charge is 0.273 e. The van der Waals surface area contributed by atoms with Crippen molar-refractivity contribution in [2.45, 2.75) is 12.5 Å². The number of para-hydroxylation sites is 1. The molecule has 0 aliphatic carbocycles. The maximum Gasteiger partial charge on any atom is 0.273 e. The molecule has 6 nitrogen and oxygen atoms in total. The third kappa shape index (κ3) is 3.05. The number of carbonyl (C=O) groups is 1. The largest absolute Gasteiger partial charge is 0.496 e. The predicted molar refractivity (Wildman–Crippen MR) is 106 cm³/mol. The fraction of sp³-hybridized carbons (Fsp3) is 0.273. The van der Waals surface area contributed by atoms with Crippen LogP contribution in [0.3, 0.4) is 0 Å². The summed E-state index contributed by atoms with van der Waals surface area (Å²) < 4.78 is 10.8. The minimum Gasteiger partial charge on any atom is -0.496 e. The van der Waals surface area contributed by atoms with E-state index in [1.807, 2.05) is 59.5 Å². The van der Waals surface area contributed by atoms with Crippen molar-refractivity contribution in [1.82, 2.24) is 15.1 Å². The van der Waals surface area contributed by atoms with Crippen LogP contribution in [0.15, 0.2) is 54.6 Å². The van der Waals surface area contributed by atoms with Crippen LogP contribution in [0.2, 0.25) is 0 Å². The normalized spacial score (nSPS) is 15.7. The van der Waals surface area contributed by atoms with Crippen LogP contribution < -0.4 is 4.74 Å². The zero-order valence-corrected chi connectivity index (χ0v) is 16.0. The van der Waals surface area contributed by atoms with Crippen LogP contribution in [0.5, 0.6) is 5.75 Å². The van der Waals surface area contributed by atoms with E-state index in [0.29, 0.717) is 18.8 Å². The topological polar surface area (TPSA) is 67.5 Å². The molecular weight excluding hydrogens is 354 g/mol. The highest BCUT2D eigenvalue weighted by atomic mass is 16.5. The quantitative estimate of drug-likeness (QED) is 0.638. The number of fused-ring (bicyclic) bond motifs is 1. The number of benzene rings is 2. The summed E-state index contributed by atoms with van der Waals surface area (Å²) in [7, 11) is 3.32. The van der Waals surface area contributed by atoms with Crippen molar-refractivity contribution >= 4 is 5.91 Å². The summed E-state index contributed by atoms with van der Waals surface area (Å²) in [6, 6.07) is 17.5. The molecule has 28 heavy (non-hydrogen) atoms. The Morgan fingerprint density at radius 2 is 1.82 bits per heavy atom. The highest BCUT2D eigenvalue weighted by molar-refractivity contribution is 6.00. The van der Waals surface area contributed by atoms with Gasteiger partial charge in [0.2, 0.25) is 0 Å². The van der Waals surface area contributed by atoms with Gasteiger partial charge in [-0.1, -0.05) is 48.5 Å². The minimum absolute atomic E-state index is 0.0447. The number of ether oxygens (including phenoxy) is 2. The van der Waals surface area contributed by atoms with Crippen molar-refractivity contribution < 1.29 is 14.3 Å². The second-order valence-corrected chi connectivity index (χ2v) is 6.72. The molecule has 2 heterocycles. The van der Waals surface area contributed by atoms with Gasteiger partial charge in [0, 0.05) is 37.0 Å². The summed E-state index contributed by atoms with van der Waals surface area (Å²) in [5.74, 6) is 0.710. The number of nitrogens with zero attached hydrogens (tertiary/aromatic N) is 2. The molecule has 0 radical (unpaired) electrons.